The number of anilines is 2. The second kappa shape index (κ2) is 6.35. The van der Waals surface area contributed by atoms with Crippen LogP contribution in [0, 0.1) is 0 Å². The van der Waals surface area contributed by atoms with E-state index in [2.05, 4.69) is 56.4 Å². The summed E-state index contributed by atoms with van der Waals surface area (Å²) in [5, 5.41) is 0. The summed E-state index contributed by atoms with van der Waals surface area (Å²) in [7, 11) is 4.50. The molecule has 2 aliphatic heterocycles. The Hall–Kier alpha value is -2.05. The van der Waals surface area contributed by atoms with Crippen LogP contribution in [0.15, 0.2) is 48.8 Å². The molecule has 2 radical (unpaired) electrons. The highest BCUT2D eigenvalue weighted by Gasteiger charge is 2.49. The van der Waals surface area contributed by atoms with Crippen LogP contribution in [0.3, 0.4) is 0 Å². The number of hydrogen-bond acceptors (Lipinski definition) is 6. The third-order valence-electron chi connectivity index (χ3n) is 5.24. The molecule has 6 nitrogen and oxygen atoms in total. The standard InChI is InChI=1S/C17H20B2N6/c1-3-7-20-16(5-1)24-11-9-22(18-24)14-13-15(14)23-10-12-25(19-23)17-6-2-4-8-21-17/h1-8,14-15H,9-13H2. The molecule has 5 rings (SSSR count). The number of aromatic nitrogens is 2. The molecular formula is C17H20B2N6. The molecule has 124 valence electrons. The first-order valence-electron chi connectivity index (χ1n) is 8.95. The summed E-state index contributed by atoms with van der Waals surface area (Å²) in [5.41, 5.74) is 0. The lowest BCUT2D eigenvalue weighted by molar-refractivity contribution is 0.391. The number of nitrogens with zero attached hydrogens (tertiary/aromatic N) is 6. The number of pyridine rings is 2. The van der Waals surface area contributed by atoms with Crippen LogP contribution in [0.4, 0.5) is 11.6 Å². The van der Waals surface area contributed by atoms with Gasteiger partial charge in [0.2, 0.25) is 0 Å². The van der Waals surface area contributed by atoms with E-state index in [1.165, 1.54) is 6.42 Å². The maximum Gasteiger partial charge on any atom is 0.353 e. The predicted molar refractivity (Wildman–Crippen MR) is 100 cm³/mol. The summed E-state index contributed by atoms with van der Waals surface area (Å²) in [5.74, 6) is 2.08. The highest BCUT2D eigenvalue weighted by atomic mass is 15.4. The van der Waals surface area contributed by atoms with Crippen molar-refractivity contribution in [3.05, 3.63) is 48.8 Å². The van der Waals surface area contributed by atoms with Crippen LogP contribution in [-0.4, -0.2) is 73.0 Å². The van der Waals surface area contributed by atoms with E-state index in [1.54, 1.807) is 0 Å². The summed E-state index contributed by atoms with van der Waals surface area (Å²) in [6.07, 6.45) is 4.95. The Kier molecular flexibility index (Phi) is 3.87. The fraction of sp³-hybridized carbons (Fsp3) is 0.412. The minimum absolute atomic E-state index is 0.619. The van der Waals surface area contributed by atoms with Crippen LogP contribution >= 0.6 is 0 Å². The van der Waals surface area contributed by atoms with E-state index in [1.807, 2.05) is 36.7 Å². The molecule has 3 aliphatic rings. The van der Waals surface area contributed by atoms with E-state index in [-0.39, 0.29) is 0 Å². The van der Waals surface area contributed by atoms with Gasteiger partial charge in [-0.05, 0) is 30.7 Å². The quantitative estimate of drug-likeness (QED) is 0.766. The molecule has 2 saturated heterocycles. The van der Waals surface area contributed by atoms with E-state index in [0.717, 1.165) is 37.8 Å². The first-order valence-corrected chi connectivity index (χ1v) is 8.95. The van der Waals surface area contributed by atoms with Crippen molar-refractivity contribution in [1.82, 2.24) is 19.6 Å². The Morgan fingerprint density at radius 1 is 0.720 bits per heavy atom. The molecule has 2 atom stereocenters. The fourth-order valence-electron chi connectivity index (χ4n) is 3.81. The lowest BCUT2D eigenvalue weighted by Gasteiger charge is -2.20. The molecule has 0 N–H and O–H groups in total. The van der Waals surface area contributed by atoms with Crippen LogP contribution in [0.1, 0.15) is 6.42 Å². The lowest BCUT2D eigenvalue weighted by Crippen LogP contribution is -2.38. The molecule has 25 heavy (non-hydrogen) atoms. The van der Waals surface area contributed by atoms with Crippen LogP contribution < -0.4 is 9.62 Å². The zero-order valence-corrected chi connectivity index (χ0v) is 14.1. The van der Waals surface area contributed by atoms with Gasteiger partial charge in [0, 0.05) is 50.7 Å². The van der Waals surface area contributed by atoms with Gasteiger partial charge in [-0.2, -0.15) is 0 Å². The zero-order valence-electron chi connectivity index (χ0n) is 14.1. The highest BCUT2D eigenvalue weighted by molar-refractivity contribution is 6.40. The smallest absolute Gasteiger partial charge is 0.353 e. The Bertz CT molecular complexity index is 656. The second-order valence-electron chi connectivity index (χ2n) is 6.84. The van der Waals surface area contributed by atoms with Crippen molar-refractivity contribution in [2.45, 2.75) is 18.5 Å². The van der Waals surface area contributed by atoms with Gasteiger partial charge in [0.05, 0.1) is 0 Å². The van der Waals surface area contributed by atoms with Crippen LogP contribution in [-0.2, 0) is 0 Å². The molecule has 8 heteroatoms. The van der Waals surface area contributed by atoms with E-state index < -0.39 is 0 Å². The van der Waals surface area contributed by atoms with Gasteiger partial charge in [-0.25, -0.2) is 9.97 Å². The Labute approximate surface area is 150 Å². The molecule has 3 fully saturated rings. The van der Waals surface area contributed by atoms with Crippen LogP contribution in [0.2, 0.25) is 0 Å². The third-order valence-corrected chi connectivity index (χ3v) is 5.24. The SMILES string of the molecule is [B]1N(c2ccccn2)CCN1C1CC1N1[B]N(c2ccccn2)CC1. The Balaban J connectivity index is 1.17. The van der Waals surface area contributed by atoms with Crippen LogP contribution in [0.25, 0.3) is 0 Å². The van der Waals surface area contributed by atoms with Gasteiger partial charge in [-0.1, -0.05) is 12.1 Å². The van der Waals surface area contributed by atoms with E-state index >= 15 is 0 Å². The van der Waals surface area contributed by atoms with Gasteiger partial charge in [0.15, 0.2) is 0 Å². The largest absolute Gasteiger partial charge is 0.388 e. The molecule has 0 bridgehead atoms. The van der Waals surface area contributed by atoms with Crippen molar-refractivity contribution in [2.24, 2.45) is 0 Å². The molecule has 2 aromatic rings. The normalized spacial score (nSPS) is 26.6. The van der Waals surface area contributed by atoms with Crippen molar-refractivity contribution in [1.29, 1.82) is 0 Å². The highest BCUT2D eigenvalue weighted by Crippen LogP contribution is 2.35. The maximum absolute atomic E-state index is 4.45. The van der Waals surface area contributed by atoms with Gasteiger partial charge in [-0.3, -0.25) is 0 Å². The third kappa shape index (κ3) is 3.00. The molecule has 1 aliphatic carbocycles. The second-order valence-corrected chi connectivity index (χ2v) is 6.84. The molecule has 2 aromatic heterocycles. The van der Waals surface area contributed by atoms with Gasteiger partial charge in [0.1, 0.15) is 11.6 Å². The van der Waals surface area contributed by atoms with E-state index in [4.69, 9.17) is 0 Å². The van der Waals surface area contributed by atoms with Crippen LogP contribution in [0.5, 0.6) is 0 Å². The van der Waals surface area contributed by atoms with Crippen molar-refractivity contribution in [3.8, 4) is 0 Å². The average molecular weight is 330 g/mol. The van der Waals surface area contributed by atoms with Gasteiger partial charge in [-0.15, -0.1) is 0 Å². The molecule has 0 aromatic carbocycles. The minimum atomic E-state index is 0.619. The van der Waals surface area contributed by atoms with Gasteiger partial charge < -0.3 is 19.2 Å². The first-order chi connectivity index (χ1) is 12.4. The molecule has 1 saturated carbocycles. The number of rotatable bonds is 4. The Morgan fingerprint density at radius 2 is 1.24 bits per heavy atom. The summed E-state index contributed by atoms with van der Waals surface area (Å²) in [6, 6.07) is 13.4. The lowest BCUT2D eigenvalue weighted by atomic mass is 10.1. The summed E-state index contributed by atoms with van der Waals surface area (Å²) < 4.78 is 0. The van der Waals surface area contributed by atoms with Crippen molar-refractivity contribution < 1.29 is 0 Å². The van der Waals surface area contributed by atoms with E-state index in [0.29, 0.717) is 12.1 Å². The summed E-state index contributed by atoms with van der Waals surface area (Å²) in [4.78, 5) is 18.4. The molecule has 2 unspecified atom stereocenters. The summed E-state index contributed by atoms with van der Waals surface area (Å²) >= 11 is 0. The monoisotopic (exact) mass is 330 g/mol. The molecule has 0 amide bonds. The van der Waals surface area contributed by atoms with Crippen molar-refractivity contribution in [3.63, 3.8) is 0 Å². The molecule has 4 heterocycles. The topological polar surface area (TPSA) is 38.7 Å². The van der Waals surface area contributed by atoms with Gasteiger partial charge in [0.25, 0.3) is 0 Å². The summed E-state index contributed by atoms with van der Waals surface area (Å²) in [6.45, 7) is 4.19. The molecule has 0 spiro atoms. The predicted octanol–water partition coefficient (Wildman–Crippen LogP) is 0.630. The van der Waals surface area contributed by atoms with Crippen molar-refractivity contribution >= 4 is 26.7 Å². The Morgan fingerprint density at radius 3 is 1.68 bits per heavy atom. The van der Waals surface area contributed by atoms with E-state index in [9.17, 15) is 0 Å². The average Bonchev–Trinajstić information content (AvgIpc) is 3.11. The molecular weight excluding hydrogens is 310 g/mol. The minimum Gasteiger partial charge on any atom is -0.388 e. The van der Waals surface area contributed by atoms with Crippen molar-refractivity contribution in [2.75, 3.05) is 35.8 Å². The maximum atomic E-state index is 4.45. The zero-order chi connectivity index (χ0) is 16.6. The number of hydrogen-bond donors (Lipinski definition) is 0. The first kappa shape index (κ1) is 15.2. The fourth-order valence-corrected chi connectivity index (χ4v) is 3.81. The van der Waals surface area contributed by atoms with Gasteiger partial charge >= 0.3 is 15.1 Å².